The van der Waals surface area contributed by atoms with E-state index in [4.69, 9.17) is 0 Å². The number of aromatic nitrogens is 1. The predicted octanol–water partition coefficient (Wildman–Crippen LogP) is 5.34. The summed E-state index contributed by atoms with van der Waals surface area (Å²) in [7, 11) is 0. The third kappa shape index (κ3) is 4.61. The number of rotatable bonds is 6. The number of Topliss-reactive ketones (excluding diaryl/α,β-unsaturated/α-hetero) is 1. The molecule has 7 heteroatoms. The second-order valence-corrected chi connectivity index (χ2v) is 7.84. The fourth-order valence-electron chi connectivity index (χ4n) is 2.49. The zero-order valence-electron chi connectivity index (χ0n) is 14.8. The van der Waals surface area contributed by atoms with Crippen molar-refractivity contribution in [1.82, 2.24) is 4.98 Å². The van der Waals surface area contributed by atoms with E-state index in [1.165, 1.54) is 24.8 Å². The van der Waals surface area contributed by atoms with Crippen molar-refractivity contribution >= 4 is 39.9 Å². The highest BCUT2D eigenvalue weighted by Gasteiger charge is 2.16. The van der Waals surface area contributed by atoms with Crippen molar-refractivity contribution in [2.45, 2.75) is 24.5 Å². The average molecular weight is 401 g/mol. The number of ketones is 1. The molecule has 0 unspecified atom stereocenters. The summed E-state index contributed by atoms with van der Waals surface area (Å²) in [5, 5.41) is 3.14. The zero-order valence-corrected chi connectivity index (χ0v) is 16.4. The zero-order chi connectivity index (χ0) is 19.4. The van der Waals surface area contributed by atoms with E-state index >= 15 is 0 Å². The maximum Gasteiger partial charge on any atom is 0.258 e. The van der Waals surface area contributed by atoms with Gasteiger partial charge in [0.2, 0.25) is 0 Å². The van der Waals surface area contributed by atoms with Crippen molar-refractivity contribution < 1.29 is 14.0 Å². The highest BCUT2D eigenvalue weighted by molar-refractivity contribution is 7.98. The lowest BCUT2D eigenvalue weighted by molar-refractivity contribution is 0.101. The SMILES string of the molecule is CC(=O)c1sc(NC(=O)c2ccccc2SCc2ccccc2F)nc1C. The summed E-state index contributed by atoms with van der Waals surface area (Å²) in [4.78, 5) is 29.8. The molecule has 1 amide bonds. The molecular formula is C20H17FN2O2S2. The van der Waals surface area contributed by atoms with Gasteiger partial charge in [0.15, 0.2) is 10.9 Å². The van der Waals surface area contributed by atoms with Gasteiger partial charge in [0.05, 0.1) is 16.1 Å². The number of carbonyl (C=O) groups is 2. The smallest absolute Gasteiger partial charge is 0.258 e. The van der Waals surface area contributed by atoms with Crippen molar-refractivity contribution in [3.05, 3.63) is 76.0 Å². The summed E-state index contributed by atoms with van der Waals surface area (Å²) in [5.74, 6) is -0.231. The molecular weight excluding hydrogens is 383 g/mol. The first kappa shape index (κ1) is 19.3. The number of anilines is 1. The molecule has 27 heavy (non-hydrogen) atoms. The van der Waals surface area contributed by atoms with Crippen LogP contribution in [0.25, 0.3) is 0 Å². The van der Waals surface area contributed by atoms with Gasteiger partial charge in [-0.2, -0.15) is 0 Å². The summed E-state index contributed by atoms with van der Waals surface area (Å²) in [6.07, 6.45) is 0. The van der Waals surface area contributed by atoms with Crippen LogP contribution in [-0.4, -0.2) is 16.7 Å². The third-order valence-electron chi connectivity index (χ3n) is 3.81. The minimum absolute atomic E-state index is 0.0775. The molecule has 0 fully saturated rings. The number of benzene rings is 2. The van der Waals surface area contributed by atoms with E-state index < -0.39 is 0 Å². The topological polar surface area (TPSA) is 59.1 Å². The number of nitrogens with one attached hydrogen (secondary N) is 1. The largest absolute Gasteiger partial charge is 0.298 e. The first-order valence-corrected chi connectivity index (χ1v) is 10.0. The van der Waals surface area contributed by atoms with Gasteiger partial charge in [-0.05, 0) is 30.7 Å². The molecule has 1 N–H and O–H groups in total. The number of carbonyl (C=O) groups excluding carboxylic acids is 2. The molecule has 0 saturated heterocycles. The third-order valence-corrected chi connectivity index (χ3v) is 6.11. The van der Waals surface area contributed by atoms with Crippen LogP contribution in [0.1, 0.15) is 38.2 Å². The number of hydrogen-bond donors (Lipinski definition) is 1. The molecule has 0 aliphatic rings. The van der Waals surface area contributed by atoms with Crippen molar-refractivity contribution in [1.29, 1.82) is 0 Å². The first-order chi connectivity index (χ1) is 13.0. The van der Waals surface area contributed by atoms with Crippen LogP contribution < -0.4 is 5.32 Å². The van der Waals surface area contributed by atoms with E-state index in [9.17, 15) is 14.0 Å². The minimum Gasteiger partial charge on any atom is -0.298 e. The highest BCUT2D eigenvalue weighted by Crippen LogP contribution is 2.29. The molecule has 2 aromatic carbocycles. The van der Waals surface area contributed by atoms with Crippen molar-refractivity contribution in [3.8, 4) is 0 Å². The molecule has 1 heterocycles. The van der Waals surface area contributed by atoms with E-state index in [1.807, 2.05) is 12.1 Å². The lowest BCUT2D eigenvalue weighted by atomic mass is 10.2. The Hall–Kier alpha value is -2.51. The van der Waals surface area contributed by atoms with Crippen LogP contribution in [0.5, 0.6) is 0 Å². The van der Waals surface area contributed by atoms with E-state index in [0.29, 0.717) is 32.6 Å². The van der Waals surface area contributed by atoms with Crippen LogP contribution in [0.15, 0.2) is 53.4 Å². The van der Waals surface area contributed by atoms with Crippen LogP contribution in [0.3, 0.4) is 0 Å². The average Bonchev–Trinajstić information content (AvgIpc) is 3.01. The van der Waals surface area contributed by atoms with Crippen LogP contribution in [0.2, 0.25) is 0 Å². The molecule has 0 aliphatic carbocycles. The number of thiazole rings is 1. The standard InChI is InChI=1S/C20H17FN2O2S2/c1-12-18(13(2)24)27-20(22-12)23-19(25)15-8-4-6-10-17(15)26-11-14-7-3-5-9-16(14)21/h3-10H,11H2,1-2H3,(H,22,23,25). The number of thioether (sulfide) groups is 1. The molecule has 3 rings (SSSR count). The van der Waals surface area contributed by atoms with Crippen molar-refractivity contribution in [2.24, 2.45) is 0 Å². The fourth-order valence-corrected chi connectivity index (χ4v) is 4.38. The van der Waals surface area contributed by atoms with Crippen LogP contribution in [0, 0.1) is 12.7 Å². The Kier molecular flexibility index (Phi) is 6.03. The van der Waals surface area contributed by atoms with E-state index in [-0.39, 0.29) is 17.5 Å². The monoisotopic (exact) mass is 400 g/mol. The Morgan fingerprint density at radius 3 is 2.56 bits per heavy atom. The number of aryl methyl sites for hydroxylation is 1. The fraction of sp³-hybridized carbons (Fsp3) is 0.150. The number of amides is 1. The van der Waals surface area contributed by atoms with Gasteiger partial charge in [-0.1, -0.05) is 41.7 Å². The maximum absolute atomic E-state index is 13.8. The van der Waals surface area contributed by atoms with Gasteiger partial charge in [0.25, 0.3) is 5.91 Å². The Morgan fingerprint density at radius 2 is 1.85 bits per heavy atom. The van der Waals surface area contributed by atoms with Crippen molar-refractivity contribution in [2.75, 3.05) is 5.32 Å². The Labute approximate surface area is 164 Å². The second kappa shape index (κ2) is 8.45. The number of halogens is 1. The van der Waals surface area contributed by atoms with Crippen LogP contribution in [0.4, 0.5) is 9.52 Å². The summed E-state index contributed by atoms with van der Waals surface area (Å²) >= 11 is 2.55. The van der Waals surface area contributed by atoms with E-state index in [2.05, 4.69) is 10.3 Å². The van der Waals surface area contributed by atoms with Gasteiger partial charge in [-0.3, -0.25) is 14.9 Å². The van der Waals surface area contributed by atoms with E-state index in [0.717, 1.165) is 16.2 Å². The highest BCUT2D eigenvalue weighted by atomic mass is 32.2. The molecule has 0 radical (unpaired) electrons. The number of nitrogens with zero attached hydrogens (tertiary/aromatic N) is 1. The van der Waals surface area contributed by atoms with Gasteiger partial charge in [0, 0.05) is 17.6 Å². The maximum atomic E-state index is 13.8. The molecule has 0 saturated carbocycles. The van der Waals surface area contributed by atoms with Crippen LogP contribution in [-0.2, 0) is 5.75 Å². The molecule has 4 nitrogen and oxygen atoms in total. The first-order valence-electron chi connectivity index (χ1n) is 8.20. The van der Waals surface area contributed by atoms with Gasteiger partial charge < -0.3 is 0 Å². The molecule has 1 aromatic heterocycles. The summed E-state index contributed by atoms with van der Waals surface area (Å²) in [5.41, 5.74) is 1.67. The predicted molar refractivity (Wildman–Crippen MR) is 107 cm³/mol. The lowest BCUT2D eigenvalue weighted by Crippen LogP contribution is -2.12. The van der Waals surface area contributed by atoms with Gasteiger partial charge in [-0.25, -0.2) is 9.37 Å². The van der Waals surface area contributed by atoms with Crippen LogP contribution >= 0.6 is 23.1 Å². The molecule has 0 aliphatic heterocycles. The normalized spacial score (nSPS) is 10.6. The lowest BCUT2D eigenvalue weighted by Gasteiger charge is -2.09. The Morgan fingerprint density at radius 1 is 1.15 bits per heavy atom. The van der Waals surface area contributed by atoms with Gasteiger partial charge >= 0.3 is 0 Å². The van der Waals surface area contributed by atoms with Gasteiger partial charge in [-0.15, -0.1) is 11.8 Å². The van der Waals surface area contributed by atoms with Crippen molar-refractivity contribution in [3.63, 3.8) is 0 Å². The second-order valence-electron chi connectivity index (χ2n) is 5.82. The molecule has 0 spiro atoms. The number of hydrogen-bond acceptors (Lipinski definition) is 5. The van der Waals surface area contributed by atoms with E-state index in [1.54, 1.807) is 37.3 Å². The molecule has 138 valence electrons. The Bertz CT molecular complexity index is 1000. The molecule has 0 bridgehead atoms. The quantitative estimate of drug-likeness (QED) is 0.448. The van der Waals surface area contributed by atoms with Gasteiger partial charge in [0.1, 0.15) is 5.82 Å². The molecule has 0 atom stereocenters. The molecule has 3 aromatic rings. The Balaban J connectivity index is 1.77. The minimum atomic E-state index is -0.310. The summed E-state index contributed by atoms with van der Waals surface area (Å²) in [6, 6.07) is 13.7. The summed E-state index contributed by atoms with van der Waals surface area (Å²) < 4.78 is 13.8. The summed E-state index contributed by atoms with van der Waals surface area (Å²) in [6.45, 7) is 3.21.